The predicted molar refractivity (Wildman–Crippen MR) is 119 cm³/mol. The molecule has 0 aliphatic carbocycles. The fraction of sp³-hybridized carbons (Fsp3) is 0.217. The van der Waals surface area contributed by atoms with E-state index < -0.39 is 30.4 Å². The van der Waals surface area contributed by atoms with E-state index in [1.807, 2.05) is 13.0 Å². The lowest BCUT2D eigenvalue weighted by molar-refractivity contribution is -0.143. The molecule has 10 nitrogen and oxygen atoms in total. The number of methoxy groups -OCH3 is 2. The van der Waals surface area contributed by atoms with Crippen molar-refractivity contribution in [1.29, 1.82) is 0 Å². The summed E-state index contributed by atoms with van der Waals surface area (Å²) in [6.07, 6.45) is 1.45. The summed E-state index contributed by atoms with van der Waals surface area (Å²) in [5, 5.41) is 5.13. The van der Waals surface area contributed by atoms with Gasteiger partial charge in [-0.3, -0.25) is 9.59 Å². The van der Waals surface area contributed by atoms with Gasteiger partial charge in [0, 0.05) is 5.69 Å². The summed E-state index contributed by atoms with van der Waals surface area (Å²) in [4.78, 5) is 49.4. The van der Waals surface area contributed by atoms with Crippen LogP contribution in [0.2, 0.25) is 0 Å². The highest BCUT2D eigenvalue weighted by atomic mass is 16.6. The second-order valence-corrected chi connectivity index (χ2v) is 7.07. The maximum atomic E-state index is 12.7. The van der Waals surface area contributed by atoms with Crippen molar-refractivity contribution in [3.63, 3.8) is 0 Å². The number of benzene rings is 2. The number of hydrogen-bond donors (Lipinski definition) is 2. The zero-order chi connectivity index (χ0) is 24.0. The minimum absolute atomic E-state index is 0.00800. The number of nitrogens with one attached hydrogen (secondary N) is 2. The van der Waals surface area contributed by atoms with E-state index in [1.54, 1.807) is 36.4 Å². The fourth-order valence-electron chi connectivity index (χ4n) is 3.04. The summed E-state index contributed by atoms with van der Waals surface area (Å²) in [7, 11) is 2.68. The van der Waals surface area contributed by atoms with Gasteiger partial charge in [-0.2, -0.15) is 0 Å². The van der Waals surface area contributed by atoms with Crippen LogP contribution >= 0.6 is 0 Å². The van der Waals surface area contributed by atoms with Gasteiger partial charge >= 0.3 is 12.0 Å². The molecule has 0 bridgehead atoms. The molecule has 2 N–H and O–H groups in total. The molecular weight excluding hydrogens is 430 g/mol. The average Bonchev–Trinajstić information content (AvgIpc) is 3.05. The predicted octanol–water partition coefficient (Wildman–Crippen LogP) is 2.09. The fourth-order valence-corrected chi connectivity index (χ4v) is 3.04. The molecule has 1 fully saturated rings. The second-order valence-electron chi connectivity index (χ2n) is 7.07. The van der Waals surface area contributed by atoms with Crippen LogP contribution in [-0.2, 0) is 19.1 Å². The highest BCUT2D eigenvalue weighted by Gasteiger charge is 2.35. The van der Waals surface area contributed by atoms with Gasteiger partial charge in [0.05, 0.1) is 14.2 Å². The molecule has 0 saturated carbocycles. The maximum absolute atomic E-state index is 12.7. The van der Waals surface area contributed by atoms with Crippen molar-refractivity contribution >= 4 is 35.6 Å². The van der Waals surface area contributed by atoms with Crippen LogP contribution in [0.5, 0.6) is 11.5 Å². The number of carbonyl (C=O) groups excluding carboxylic acids is 4. The van der Waals surface area contributed by atoms with E-state index in [9.17, 15) is 19.2 Å². The van der Waals surface area contributed by atoms with Gasteiger partial charge in [0.2, 0.25) is 5.91 Å². The van der Waals surface area contributed by atoms with Crippen LogP contribution in [0.15, 0.2) is 48.2 Å². The Morgan fingerprint density at radius 2 is 1.88 bits per heavy atom. The first-order valence-electron chi connectivity index (χ1n) is 9.89. The number of ether oxygens (including phenoxy) is 3. The van der Waals surface area contributed by atoms with Crippen LogP contribution in [0.4, 0.5) is 10.5 Å². The summed E-state index contributed by atoms with van der Waals surface area (Å²) in [6.45, 7) is 1.16. The number of anilines is 1. The molecule has 172 valence electrons. The van der Waals surface area contributed by atoms with Crippen molar-refractivity contribution < 1.29 is 33.4 Å². The third-order valence-electron chi connectivity index (χ3n) is 4.64. The summed E-state index contributed by atoms with van der Waals surface area (Å²) in [5.41, 5.74) is 2.08. The van der Waals surface area contributed by atoms with Crippen molar-refractivity contribution in [3.8, 4) is 11.5 Å². The van der Waals surface area contributed by atoms with E-state index in [-0.39, 0.29) is 12.3 Å². The Kier molecular flexibility index (Phi) is 7.29. The molecule has 0 atom stereocenters. The SMILES string of the molecule is COC(=O)COc1ccc(/C=C2/NC(=O)N(CC(=O)Nc3cccc(C)c3)C2=O)cc1OC. The highest BCUT2D eigenvalue weighted by Crippen LogP contribution is 2.29. The zero-order valence-corrected chi connectivity index (χ0v) is 18.3. The Balaban J connectivity index is 1.69. The molecule has 0 unspecified atom stereocenters. The normalized spacial score (nSPS) is 14.2. The lowest BCUT2D eigenvalue weighted by atomic mass is 10.1. The van der Waals surface area contributed by atoms with Gasteiger partial charge in [-0.1, -0.05) is 18.2 Å². The number of nitrogens with zero attached hydrogens (tertiary/aromatic N) is 1. The Hall–Kier alpha value is -4.34. The summed E-state index contributed by atoms with van der Waals surface area (Å²) >= 11 is 0. The van der Waals surface area contributed by atoms with Crippen molar-refractivity contribution in [2.24, 2.45) is 0 Å². The zero-order valence-electron chi connectivity index (χ0n) is 18.3. The third-order valence-corrected chi connectivity index (χ3v) is 4.64. The van der Waals surface area contributed by atoms with E-state index in [0.717, 1.165) is 10.5 Å². The Morgan fingerprint density at radius 3 is 2.58 bits per heavy atom. The van der Waals surface area contributed by atoms with Gasteiger partial charge in [-0.15, -0.1) is 0 Å². The monoisotopic (exact) mass is 453 g/mol. The van der Waals surface area contributed by atoms with Gasteiger partial charge in [-0.25, -0.2) is 14.5 Å². The van der Waals surface area contributed by atoms with Gasteiger partial charge in [-0.05, 0) is 48.4 Å². The number of imide groups is 1. The minimum Gasteiger partial charge on any atom is -0.493 e. The lowest BCUT2D eigenvalue weighted by Crippen LogP contribution is -2.38. The van der Waals surface area contributed by atoms with E-state index >= 15 is 0 Å². The molecule has 33 heavy (non-hydrogen) atoms. The van der Waals surface area contributed by atoms with Crippen molar-refractivity contribution in [2.75, 3.05) is 32.7 Å². The van der Waals surface area contributed by atoms with Crippen LogP contribution in [-0.4, -0.2) is 56.1 Å². The maximum Gasteiger partial charge on any atom is 0.343 e. The summed E-state index contributed by atoms with van der Waals surface area (Å²) in [6, 6.07) is 11.2. The lowest BCUT2D eigenvalue weighted by Gasteiger charge is -2.12. The molecule has 0 aromatic heterocycles. The third kappa shape index (κ3) is 5.88. The molecule has 1 aliphatic heterocycles. The molecule has 0 radical (unpaired) electrons. The quantitative estimate of drug-likeness (QED) is 0.356. The number of urea groups is 1. The smallest absolute Gasteiger partial charge is 0.343 e. The summed E-state index contributed by atoms with van der Waals surface area (Å²) in [5.74, 6) is -1.06. The first-order chi connectivity index (χ1) is 15.8. The number of aryl methyl sites for hydroxylation is 1. The first-order valence-corrected chi connectivity index (χ1v) is 9.89. The van der Waals surface area contributed by atoms with Crippen LogP contribution in [0.3, 0.4) is 0 Å². The topological polar surface area (TPSA) is 123 Å². The summed E-state index contributed by atoms with van der Waals surface area (Å²) < 4.78 is 15.1. The molecule has 10 heteroatoms. The van der Waals surface area contributed by atoms with Gasteiger partial charge in [0.15, 0.2) is 18.1 Å². The molecule has 0 spiro atoms. The van der Waals surface area contributed by atoms with Crippen LogP contribution in [0.1, 0.15) is 11.1 Å². The van der Waals surface area contributed by atoms with Crippen LogP contribution in [0, 0.1) is 6.92 Å². The number of carbonyl (C=O) groups is 4. The van der Waals surface area contributed by atoms with Gasteiger partial charge in [0.1, 0.15) is 12.2 Å². The second kappa shape index (κ2) is 10.3. The standard InChI is InChI=1S/C23H23N3O7/c1-14-5-4-6-16(9-14)24-20(27)12-26-22(29)17(25-23(26)30)10-15-7-8-18(19(11-15)31-2)33-13-21(28)32-3/h4-11H,12-13H2,1-3H3,(H,24,27)(H,25,30)/b17-10+. The Labute approximate surface area is 190 Å². The number of esters is 1. The van der Waals surface area contributed by atoms with Crippen LogP contribution in [0.25, 0.3) is 6.08 Å². The Morgan fingerprint density at radius 1 is 1.09 bits per heavy atom. The Bertz CT molecular complexity index is 1130. The molecular formula is C23H23N3O7. The molecule has 2 aromatic carbocycles. The molecule has 1 saturated heterocycles. The number of hydrogen-bond acceptors (Lipinski definition) is 7. The van der Waals surface area contributed by atoms with Crippen molar-refractivity contribution in [1.82, 2.24) is 10.2 Å². The van der Waals surface area contributed by atoms with Crippen molar-refractivity contribution in [2.45, 2.75) is 6.92 Å². The molecule has 2 aromatic rings. The first kappa shape index (κ1) is 23.3. The molecule has 3 rings (SSSR count). The molecule has 1 aliphatic rings. The minimum atomic E-state index is -0.698. The van der Waals surface area contributed by atoms with E-state index in [1.165, 1.54) is 20.3 Å². The average molecular weight is 453 g/mol. The van der Waals surface area contributed by atoms with Gasteiger partial charge < -0.3 is 24.8 Å². The number of amides is 4. The van der Waals surface area contributed by atoms with E-state index in [4.69, 9.17) is 9.47 Å². The van der Waals surface area contributed by atoms with E-state index in [2.05, 4.69) is 15.4 Å². The van der Waals surface area contributed by atoms with Gasteiger partial charge in [0.25, 0.3) is 5.91 Å². The van der Waals surface area contributed by atoms with E-state index in [0.29, 0.717) is 22.7 Å². The van der Waals surface area contributed by atoms with Crippen LogP contribution < -0.4 is 20.1 Å². The largest absolute Gasteiger partial charge is 0.493 e. The number of rotatable bonds is 8. The molecule has 4 amide bonds. The van der Waals surface area contributed by atoms with Crippen molar-refractivity contribution in [3.05, 3.63) is 59.3 Å². The molecule has 1 heterocycles. The highest BCUT2D eigenvalue weighted by molar-refractivity contribution is 6.16.